The maximum absolute atomic E-state index is 11.6. The average Bonchev–Trinajstić information content (AvgIpc) is 2.23. The van der Waals surface area contributed by atoms with Gasteiger partial charge in [-0.3, -0.25) is 9.63 Å². The lowest BCUT2D eigenvalue weighted by Crippen LogP contribution is -2.31. The van der Waals surface area contributed by atoms with Gasteiger partial charge in [-0.15, -0.1) is 0 Å². The van der Waals surface area contributed by atoms with Crippen molar-refractivity contribution in [1.29, 1.82) is 0 Å². The Morgan fingerprint density at radius 1 is 1.47 bits per heavy atom. The third kappa shape index (κ3) is 5.52. The molecular weight excluding hydrogens is 194 g/mol. The number of hydroxylamine groups is 2. The van der Waals surface area contributed by atoms with E-state index in [4.69, 9.17) is 4.84 Å². The molecule has 4 heteroatoms. The lowest BCUT2D eigenvalue weighted by atomic mass is 9.93. The van der Waals surface area contributed by atoms with Crippen molar-refractivity contribution in [3.8, 4) is 0 Å². The van der Waals surface area contributed by atoms with Crippen LogP contribution in [-0.2, 0) is 14.4 Å². The van der Waals surface area contributed by atoms with Crippen LogP contribution in [0.2, 0.25) is 0 Å². The summed E-state index contributed by atoms with van der Waals surface area (Å²) in [7, 11) is 3.08. The van der Waals surface area contributed by atoms with Crippen molar-refractivity contribution in [1.82, 2.24) is 5.06 Å². The van der Waals surface area contributed by atoms with E-state index < -0.39 is 0 Å². The average molecular weight is 215 g/mol. The summed E-state index contributed by atoms with van der Waals surface area (Å²) >= 11 is 0. The summed E-state index contributed by atoms with van der Waals surface area (Å²) in [5.41, 5.74) is 0. The van der Waals surface area contributed by atoms with Crippen molar-refractivity contribution < 1.29 is 14.4 Å². The highest BCUT2D eigenvalue weighted by atomic mass is 16.7. The van der Waals surface area contributed by atoms with Crippen LogP contribution in [0.1, 0.15) is 33.1 Å². The Labute approximate surface area is 91.5 Å². The van der Waals surface area contributed by atoms with Gasteiger partial charge in [0.2, 0.25) is 5.91 Å². The van der Waals surface area contributed by atoms with Crippen LogP contribution in [0.25, 0.3) is 0 Å². The van der Waals surface area contributed by atoms with Crippen LogP contribution in [0.4, 0.5) is 0 Å². The third-order valence-corrected chi connectivity index (χ3v) is 2.54. The molecule has 0 aliphatic carbocycles. The summed E-state index contributed by atoms with van der Waals surface area (Å²) in [6, 6.07) is 0. The van der Waals surface area contributed by atoms with E-state index in [9.17, 15) is 9.59 Å². The Morgan fingerprint density at radius 2 is 2.07 bits per heavy atom. The van der Waals surface area contributed by atoms with E-state index >= 15 is 0 Å². The molecule has 0 aromatic heterocycles. The van der Waals surface area contributed by atoms with E-state index in [2.05, 4.69) is 6.92 Å². The van der Waals surface area contributed by atoms with Crippen molar-refractivity contribution >= 4 is 12.2 Å². The van der Waals surface area contributed by atoms with Crippen LogP contribution >= 0.6 is 0 Å². The van der Waals surface area contributed by atoms with E-state index in [0.717, 1.165) is 19.1 Å². The van der Waals surface area contributed by atoms with E-state index in [-0.39, 0.29) is 11.8 Å². The van der Waals surface area contributed by atoms with Crippen LogP contribution in [-0.4, -0.2) is 31.4 Å². The Kier molecular flexibility index (Phi) is 6.96. The highest BCUT2D eigenvalue weighted by molar-refractivity contribution is 5.77. The first kappa shape index (κ1) is 14.1. The number of carbonyl (C=O) groups is 2. The lowest BCUT2D eigenvalue weighted by molar-refractivity contribution is -0.173. The number of amides is 1. The fraction of sp³-hybridized carbons (Fsp3) is 0.818. The molecule has 0 aromatic rings. The standard InChI is InChI=1S/C11H21NO3/c1-9(6-5-7-13)8-10(2)11(14)12(3)15-4/h7,9-10H,5-6,8H2,1-4H3/t9-,10?/m1/s1. The first-order valence-electron chi connectivity index (χ1n) is 5.28. The molecule has 15 heavy (non-hydrogen) atoms. The minimum atomic E-state index is -0.0587. The van der Waals surface area contributed by atoms with Gasteiger partial charge >= 0.3 is 0 Å². The Hall–Kier alpha value is -0.900. The molecule has 0 aliphatic rings. The zero-order chi connectivity index (χ0) is 11.8. The van der Waals surface area contributed by atoms with Gasteiger partial charge in [0, 0.05) is 19.4 Å². The van der Waals surface area contributed by atoms with E-state index in [1.165, 1.54) is 12.2 Å². The maximum atomic E-state index is 11.6. The maximum Gasteiger partial charge on any atom is 0.248 e. The van der Waals surface area contributed by atoms with Crippen LogP contribution < -0.4 is 0 Å². The molecule has 0 radical (unpaired) electrons. The predicted octanol–water partition coefficient (Wildman–Crippen LogP) is 1.65. The first-order chi connectivity index (χ1) is 7.02. The topological polar surface area (TPSA) is 46.6 Å². The molecule has 2 atom stereocenters. The fourth-order valence-electron chi connectivity index (χ4n) is 1.58. The predicted molar refractivity (Wildman–Crippen MR) is 58.0 cm³/mol. The molecule has 4 nitrogen and oxygen atoms in total. The van der Waals surface area contributed by atoms with Gasteiger partial charge in [0.1, 0.15) is 6.29 Å². The van der Waals surface area contributed by atoms with E-state index in [0.29, 0.717) is 12.3 Å². The number of rotatable bonds is 7. The number of hydrogen-bond acceptors (Lipinski definition) is 3. The van der Waals surface area contributed by atoms with Gasteiger partial charge in [-0.2, -0.15) is 0 Å². The van der Waals surface area contributed by atoms with Crippen molar-refractivity contribution in [2.45, 2.75) is 33.1 Å². The van der Waals surface area contributed by atoms with Gasteiger partial charge in [0.05, 0.1) is 7.11 Å². The normalized spacial score (nSPS) is 14.4. The molecule has 88 valence electrons. The fourth-order valence-corrected chi connectivity index (χ4v) is 1.58. The molecule has 1 amide bonds. The molecule has 0 saturated heterocycles. The highest BCUT2D eigenvalue weighted by Crippen LogP contribution is 2.17. The van der Waals surface area contributed by atoms with Crippen molar-refractivity contribution in [2.24, 2.45) is 11.8 Å². The van der Waals surface area contributed by atoms with E-state index in [1.54, 1.807) is 7.05 Å². The molecule has 0 saturated carbocycles. The van der Waals surface area contributed by atoms with Crippen LogP contribution in [0.5, 0.6) is 0 Å². The lowest BCUT2D eigenvalue weighted by Gasteiger charge is -2.20. The van der Waals surface area contributed by atoms with Crippen molar-refractivity contribution in [3.05, 3.63) is 0 Å². The summed E-state index contributed by atoms with van der Waals surface area (Å²) in [5, 5.41) is 1.25. The minimum absolute atomic E-state index is 0.0181. The van der Waals surface area contributed by atoms with Crippen LogP contribution in [0.15, 0.2) is 0 Å². The molecule has 1 unspecified atom stereocenters. The van der Waals surface area contributed by atoms with Gasteiger partial charge in [-0.05, 0) is 18.8 Å². The van der Waals surface area contributed by atoms with Gasteiger partial charge < -0.3 is 4.79 Å². The van der Waals surface area contributed by atoms with Crippen molar-refractivity contribution in [2.75, 3.05) is 14.2 Å². The Bertz CT molecular complexity index is 206. The number of nitrogens with zero attached hydrogens (tertiary/aromatic N) is 1. The molecule has 0 spiro atoms. The summed E-state index contributed by atoms with van der Waals surface area (Å²) in [6.07, 6.45) is 3.13. The second kappa shape index (κ2) is 7.40. The highest BCUT2D eigenvalue weighted by Gasteiger charge is 2.19. The first-order valence-corrected chi connectivity index (χ1v) is 5.28. The van der Waals surface area contributed by atoms with Crippen molar-refractivity contribution in [3.63, 3.8) is 0 Å². The Morgan fingerprint density at radius 3 is 2.53 bits per heavy atom. The van der Waals surface area contributed by atoms with Gasteiger partial charge in [-0.1, -0.05) is 13.8 Å². The van der Waals surface area contributed by atoms with Gasteiger partial charge in [-0.25, -0.2) is 5.06 Å². The number of hydrogen-bond donors (Lipinski definition) is 0. The molecule has 0 rings (SSSR count). The molecular formula is C11H21NO3. The largest absolute Gasteiger partial charge is 0.303 e. The SMILES string of the molecule is CON(C)C(=O)C(C)C[C@H](C)CCC=O. The molecule has 0 N–H and O–H groups in total. The molecule has 0 bridgehead atoms. The van der Waals surface area contributed by atoms with E-state index in [1.807, 2.05) is 6.92 Å². The molecule has 0 heterocycles. The number of aldehydes is 1. The minimum Gasteiger partial charge on any atom is -0.303 e. The number of carbonyl (C=O) groups excluding carboxylic acids is 2. The monoisotopic (exact) mass is 215 g/mol. The quantitative estimate of drug-likeness (QED) is 0.479. The third-order valence-electron chi connectivity index (χ3n) is 2.54. The second-order valence-electron chi connectivity index (χ2n) is 4.00. The molecule has 0 aromatic carbocycles. The second-order valence-corrected chi connectivity index (χ2v) is 4.00. The van der Waals surface area contributed by atoms with Gasteiger partial charge in [0.15, 0.2) is 0 Å². The summed E-state index contributed by atoms with van der Waals surface area (Å²) in [6.45, 7) is 3.94. The van der Waals surface area contributed by atoms with Gasteiger partial charge in [0.25, 0.3) is 0 Å². The van der Waals surface area contributed by atoms with Crippen LogP contribution in [0.3, 0.4) is 0 Å². The smallest absolute Gasteiger partial charge is 0.248 e. The Balaban J connectivity index is 3.95. The van der Waals surface area contributed by atoms with Crippen LogP contribution in [0, 0.1) is 11.8 Å². The zero-order valence-corrected chi connectivity index (χ0v) is 10.0. The summed E-state index contributed by atoms with van der Waals surface area (Å²) < 4.78 is 0. The zero-order valence-electron chi connectivity index (χ0n) is 10.0. The molecule has 0 fully saturated rings. The summed E-state index contributed by atoms with van der Waals surface area (Å²) in [4.78, 5) is 26.6. The molecule has 0 aliphatic heterocycles. The summed E-state index contributed by atoms with van der Waals surface area (Å²) in [5.74, 6) is 0.312.